The number of aliphatic hydroxyl groups is 10. The van der Waals surface area contributed by atoms with Gasteiger partial charge in [0.05, 0.1) is 24.9 Å². The Bertz CT molecular complexity index is 1570. The van der Waals surface area contributed by atoms with Gasteiger partial charge in [0.25, 0.3) is 0 Å². The Hall–Kier alpha value is -2.92. The SMILES string of the molecule is CC(=O)N[C@@H]1[C@@H](O[C@@H]2O[C@@H](C(=O)O)[C@@H](O[C@H]3O[C@H](CO[C@H]4O[C@H](C(=O)O)[C@@H](O[C@H]5O[C@H](C)[C@@H](N)[C@H](O)[C@H]5O)[C@H](O)[C@H]4O)[C@@H](O)[C@H](O)[C@H]3NC(C)=O)[C@H](O)[C@@H]2O)[C@@H](O)[C@@H](C)O[C@H]1O. The summed E-state index contributed by atoms with van der Waals surface area (Å²) >= 11 is 0. The van der Waals surface area contributed by atoms with E-state index >= 15 is 0 Å². The molecule has 28 nitrogen and oxygen atoms in total. The van der Waals surface area contributed by atoms with E-state index in [1.165, 1.54) is 13.8 Å². The Morgan fingerprint density at radius 2 is 0.984 bits per heavy atom. The predicted molar refractivity (Wildman–Crippen MR) is 190 cm³/mol. The maximum Gasteiger partial charge on any atom is 0.335 e. The van der Waals surface area contributed by atoms with E-state index in [0.29, 0.717) is 0 Å². The molecule has 5 aliphatic heterocycles. The maximum absolute atomic E-state index is 12.5. The third kappa shape index (κ3) is 10.6. The van der Waals surface area contributed by atoms with Crippen LogP contribution in [0.4, 0.5) is 0 Å². The number of carbonyl (C=O) groups is 4. The number of rotatable bonds is 13. The standard InChI is InChI=1S/C34H55N3O25/c1-6-11(35)16(42)20(46)33(56-6)60-25-18(44)21(47)32(61-26(25)28(49)50)54-5-10-15(41)17(43)12(36-8(3)38)31(57-10)59-24-19(45)22(48)34(62-27(24)29(51)52)58-23-13(37-9(4)39)30(53)55-7(2)14(23)40/h6-7,10-27,30-34,40-48,53H,5,35H2,1-4H3,(H,36,38)(H,37,39)(H,49,50)(H,51,52)/t6-,7-,10-,11-,12-,13-,14+,15-,16+,17-,18-,19-,20-,21-,22+,23-,24+,25+,26+,27-,30-,31-,32+,33-,34-/m1/s1. The lowest BCUT2D eigenvalue weighted by molar-refractivity contribution is -0.363. The molecule has 0 spiro atoms. The van der Waals surface area contributed by atoms with Crippen LogP contribution in [0.25, 0.3) is 0 Å². The molecule has 2 amide bonds. The second-order valence-corrected chi connectivity index (χ2v) is 15.6. The van der Waals surface area contributed by atoms with E-state index in [4.69, 9.17) is 48.4 Å². The molecule has 5 heterocycles. The molecule has 5 saturated heterocycles. The molecule has 0 aromatic carbocycles. The van der Waals surface area contributed by atoms with Gasteiger partial charge in [-0.1, -0.05) is 0 Å². The molecule has 0 aromatic rings. The van der Waals surface area contributed by atoms with Crippen molar-refractivity contribution in [2.45, 2.75) is 181 Å². The number of aliphatic carboxylic acids is 2. The van der Waals surface area contributed by atoms with Gasteiger partial charge in [-0.2, -0.15) is 0 Å². The fourth-order valence-electron chi connectivity index (χ4n) is 7.59. The molecular formula is C34H55N3O25. The Morgan fingerprint density at radius 1 is 0.516 bits per heavy atom. The van der Waals surface area contributed by atoms with E-state index in [2.05, 4.69) is 10.6 Å². The summed E-state index contributed by atoms with van der Waals surface area (Å²) < 4.78 is 49.5. The van der Waals surface area contributed by atoms with Crippen molar-refractivity contribution < 1.29 is 123 Å². The van der Waals surface area contributed by atoms with Crippen molar-refractivity contribution in [1.29, 1.82) is 0 Å². The average molecular weight is 906 g/mol. The third-order valence-electron chi connectivity index (χ3n) is 11.1. The van der Waals surface area contributed by atoms with Crippen LogP contribution < -0.4 is 16.4 Å². The van der Waals surface area contributed by atoms with Gasteiger partial charge in [-0.3, -0.25) is 9.59 Å². The first-order valence-corrected chi connectivity index (χ1v) is 19.4. The number of carboxylic acid groups (broad SMARTS) is 2. The molecule has 0 aliphatic carbocycles. The molecule has 62 heavy (non-hydrogen) atoms. The molecule has 25 atom stereocenters. The van der Waals surface area contributed by atoms with E-state index in [1.807, 2.05) is 0 Å². The molecular weight excluding hydrogens is 850 g/mol. The smallest absolute Gasteiger partial charge is 0.335 e. The minimum Gasteiger partial charge on any atom is -0.479 e. The average Bonchev–Trinajstić information content (AvgIpc) is 3.19. The summed E-state index contributed by atoms with van der Waals surface area (Å²) in [5.74, 6) is -5.14. The normalized spacial score (nSPS) is 48.8. The molecule has 356 valence electrons. The van der Waals surface area contributed by atoms with Crippen molar-refractivity contribution >= 4 is 23.8 Å². The molecule has 0 saturated carbocycles. The van der Waals surface area contributed by atoms with Gasteiger partial charge in [0, 0.05) is 13.8 Å². The Kier molecular flexibility index (Phi) is 16.6. The van der Waals surface area contributed by atoms with E-state index in [0.717, 1.165) is 13.8 Å². The Balaban J connectivity index is 1.31. The molecule has 0 bridgehead atoms. The summed E-state index contributed by atoms with van der Waals surface area (Å²) in [6.45, 7) is 3.90. The highest BCUT2D eigenvalue weighted by Crippen LogP contribution is 2.34. The third-order valence-corrected chi connectivity index (χ3v) is 11.1. The lowest BCUT2D eigenvalue weighted by atomic mass is 9.94. The zero-order valence-corrected chi connectivity index (χ0v) is 33.4. The number of hydrogen-bond donors (Lipinski definition) is 15. The lowest BCUT2D eigenvalue weighted by Gasteiger charge is -2.48. The van der Waals surface area contributed by atoms with Crippen LogP contribution in [-0.4, -0.2) is 245 Å². The molecule has 0 unspecified atom stereocenters. The summed E-state index contributed by atoms with van der Waals surface area (Å²) in [4.78, 5) is 48.8. The zero-order valence-electron chi connectivity index (χ0n) is 33.4. The lowest BCUT2D eigenvalue weighted by Crippen LogP contribution is -2.69. The maximum atomic E-state index is 12.5. The van der Waals surface area contributed by atoms with Gasteiger partial charge in [0.2, 0.25) is 11.8 Å². The number of ether oxygens (including phenoxy) is 9. The summed E-state index contributed by atoms with van der Waals surface area (Å²) in [5.41, 5.74) is 5.77. The van der Waals surface area contributed by atoms with Crippen molar-refractivity contribution in [3.8, 4) is 0 Å². The van der Waals surface area contributed by atoms with Crippen molar-refractivity contribution in [2.24, 2.45) is 5.73 Å². The summed E-state index contributed by atoms with van der Waals surface area (Å²) in [6.07, 6.45) is -41.4. The Labute approximate surface area is 350 Å². The number of carboxylic acids is 2. The molecule has 16 N–H and O–H groups in total. The largest absolute Gasteiger partial charge is 0.479 e. The van der Waals surface area contributed by atoms with Crippen LogP contribution in [0.5, 0.6) is 0 Å². The van der Waals surface area contributed by atoms with Crippen LogP contribution in [0, 0.1) is 0 Å². The molecule has 28 heteroatoms. The first kappa shape index (κ1) is 50.1. The van der Waals surface area contributed by atoms with E-state index in [9.17, 15) is 80.5 Å². The van der Waals surface area contributed by atoms with Gasteiger partial charge >= 0.3 is 11.9 Å². The van der Waals surface area contributed by atoms with Gasteiger partial charge in [0.15, 0.2) is 43.7 Å². The monoisotopic (exact) mass is 905 g/mol. The summed E-state index contributed by atoms with van der Waals surface area (Å²) in [5, 5.41) is 133. The van der Waals surface area contributed by atoms with E-state index in [-0.39, 0.29) is 0 Å². The van der Waals surface area contributed by atoms with Gasteiger partial charge in [-0.15, -0.1) is 0 Å². The van der Waals surface area contributed by atoms with Crippen LogP contribution in [0.2, 0.25) is 0 Å². The number of nitrogens with two attached hydrogens (primary N) is 1. The quantitative estimate of drug-likeness (QED) is 0.0816. The first-order valence-electron chi connectivity index (χ1n) is 19.4. The van der Waals surface area contributed by atoms with Gasteiger partial charge in [-0.05, 0) is 13.8 Å². The molecule has 0 radical (unpaired) electrons. The van der Waals surface area contributed by atoms with Crippen molar-refractivity contribution in [3.63, 3.8) is 0 Å². The fraction of sp³-hybridized carbons (Fsp3) is 0.882. The number of amides is 2. The number of hydrogen-bond acceptors (Lipinski definition) is 24. The first-order chi connectivity index (χ1) is 28.9. The van der Waals surface area contributed by atoms with Gasteiger partial charge in [0.1, 0.15) is 91.4 Å². The molecule has 5 rings (SSSR count). The van der Waals surface area contributed by atoms with Crippen molar-refractivity contribution in [3.05, 3.63) is 0 Å². The number of nitrogens with one attached hydrogen (secondary N) is 2. The van der Waals surface area contributed by atoms with E-state index < -0.39 is 184 Å². The molecule has 5 aliphatic rings. The van der Waals surface area contributed by atoms with Crippen LogP contribution in [-0.2, 0) is 61.8 Å². The molecule has 0 aromatic heterocycles. The summed E-state index contributed by atoms with van der Waals surface area (Å²) in [7, 11) is 0. The second-order valence-electron chi connectivity index (χ2n) is 15.6. The second kappa shape index (κ2) is 20.5. The highest BCUT2D eigenvalue weighted by molar-refractivity contribution is 5.74. The zero-order chi connectivity index (χ0) is 46.2. The highest BCUT2D eigenvalue weighted by Gasteiger charge is 2.57. The van der Waals surface area contributed by atoms with Gasteiger partial charge in [-0.25, -0.2) is 9.59 Å². The minimum atomic E-state index is -2.27. The topological polar surface area (TPSA) is 444 Å². The van der Waals surface area contributed by atoms with Crippen LogP contribution in [0.3, 0.4) is 0 Å². The predicted octanol–water partition coefficient (Wildman–Crippen LogP) is -9.43. The fourth-order valence-corrected chi connectivity index (χ4v) is 7.59. The van der Waals surface area contributed by atoms with E-state index in [1.54, 1.807) is 0 Å². The van der Waals surface area contributed by atoms with Crippen molar-refractivity contribution in [2.75, 3.05) is 6.61 Å². The van der Waals surface area contributed by atoms with Crippen LogP contribution >= 0.6 is 0 Å². The van der Waals surface area contributed by atoms with Crippen LogP contribution in [0.1, 0.15) is 27.7 Å². The highest BCUT2D eigenvalue weighted by atomic mass is 16.8. The van der Waals surface area contributed by atoms with Crippen LogP contribution in [0.15, 0.2) is 0 Å². The minimum absolute atomic E-state index is 0.704. The molecule has 5 fully saturated rings. The number of carbonyl (C=O) groups excluding carboxylic acids is 2. The van der Waals surface area contributed by atoms with Gasteiger partial charge < -0.3 is 120 Å². The van der Waals surface area contributed by atoms with Crippen molar-refractivity contribution in [1.82, 2.24) is 10.6 Å². The Morgan fingerprint density at radius 3 is 1.53 bits per heavy atom. The number of aliphatic hydroxyl groups excluding tert-OH is 10. The summed E-state index contributed by atoms with van der Waals surface area (Å²) in [6, 6.07) is -4.29.